The molecule has 3 heterocycles. The molecule has 0 aromatic carbocycles. The van der Waals surface area contributed by atoms with Gasteiger partial charge in [-0.05, 0) is 13.0 Å². The van der Waals surface area contributed by atoms with Crippen LogP contribution in [0.15, 0.2) is 24.7 Å². The number of rotatable bonds is 3. The van der Waals surface area contributed by atoms with E-state index in [1.807, 2.05) is 37.7 Å². The molecule has 0 bridgehead atoms. The molecule has 2 aromatic rings. The second kappa shape index (κ2) is 6.49. The molecule has 122 valence electrons. The predicted octanol–water partition coefficient (Wildman–Crippen LogP) is 2.28. The van der Waals surface area contributed by atoms with E-state index in [-0.39, 0.29) is 5.92 Å². The molecule has 0 aliphatic carbocycles. The third-order valence-electron chi connectivity index (χ3n) is 4.32. The van der Waals surface area contributed by atoms with Gasteiger partial charge in [-0.3, -0.25) is 0 Å². The molecule has 3 rings (SSSR count). The summed E-state index contributed by atoms with van der Waals surface area (Å²) in [5.74, 6) is 1.12. The van der Waals surface area contributed by atoms with Gasteiger partial charge in [-0.1, -0.05) is 19.1 Å². The lowest BCUT2D eigenvalue weighted by molar-refractivity contribution is 0.663. The van der Waals surface area contributed by atoms with Gasteiger partial charge in [0.2, 0.25) is 0 Å². The zero-order valence-corrected chi connectivity index (χ0v) is 14.6. The zero-order chi connectivity index (χ0) is 17.3. The summed E-state index contributed by atoms with van der Waals surface area (Å²) in [6.45, 7) is 3.95. The summed E-state index contributed by atoms with van der Waals surface area (Å²) in [7, 11) is 1.95. The van der Waals surface area contributed by atoms with Crippen molar-refractivity contribution in [3.63, 3.8) is 0 Å². The minimum Gasteiger partial charge on any atom is -0.349 e. The maximum Gasteiger partial charge on any atom is 0.127 e. The molecule has 2 unspecified atom stereocenters. The SMILES string of the molecule is CCc1ncc(C2=CC(c3cnc(C)n3C)C(C#N)C(=S)N2)cn1. The largest absolute Gasteiger partial charge is 0.349 e. The highest BCUT2D eigenvalue weighted by Crippen LogP contribution is 2.33. The van der Waals surface area contributed by atoms with E-state index in [1.54, 1.807) is 12.4 Å². The van der Waals surface area contributed by atoms with Gasteiger partial charge in [0.1, 0.15) is 17.6 Å². The minimum absolute atomic E-state index is 0.157. The first kappa shape index (κ1) is 16.3. The number of aryl methyl sites for hydroxylation is 2. The average Bonchev–Trinajstić information content (AvgIpc) is 2.93. The van der Waals surface area contributed by atoms with Gasteiger partial charge in [0.15, 0.2) is 0 Å². The van der Waals surface area contributed by atoms with Crippen LogP contribution in [0, 0.1) is 24.2 Å². The predicted molar refractivity (Wildman–Crippen MR) is 94.9 cm³/mol. The van der Waals surface area contributed by atoms with Gasteiger partial charge in [0.25, 0.3) is 0 Å². The van der Waals surface area contributed by atoms with Crippen molar-refractivity contribution in [1.82, 2.24) is 24.8 Å². The van der Waals surface area contributed by atoms with Crippen molar-refractivity contribution in [3.8, 4) is 6.07 Å². The lowest BCUT2D eigenvalue weighted by atomic mass is 9.86. The molecule has 2 aromatic heterocycles. The van der Waals surface area contributed by atoms with E-state index in [1.165, 1.54) is 0 Å². The van der Waals surface area contributed by atoms with Gasteiger partial charge >= 0.3 is 0 Å². The monoisotopic (exact) mass is 338 g/mol. The zero-order valence-electron chi connectivity index (χ0n) is 13.8. The Kier molecular flexibility index (Phi) is 4.40. The van der Waals surface area contributed by atoms with Crippen LogP contribution in [0.1, 0.15) is 35.7 Å². The maximum absolute atomic E-state index is 9.55. The number of aromatic nitrogens is 4. The molecule has 0 saturated carbocycles. The third-order valence-corrected chi connectivity index (χ3v) is 4.67. The number of imidazole rings is 1. The van der Waals surface area contributed by atoms with Gasteiger partial charge in [0.05, 0.1) is 11.1 Å². The van der Waals surface area contributed by atoms with Crippen molar-refractivity contribution in [3.05, 3.63) is 47.6 Å². The van der Waals surface area contributed by atoms with Crippen LogP contribution >= 0.6 is 12.2 Å². The Labute approximate surface area is 146 Å². The van der Waals surface area contributed by atoms with E-state index >= 15 is 0 Å². The van der Waals surface area contributed by atoms with Crippen molar-refractivity contribution in [2.45, 2.75) is 26.2 Å². The maximum atomic E-state index is 9.55. The number of hydrogen-bond acceptors (Lipinski definition) is 5. The Hall–Kier alpha value is -2.59. The molecular weight excluding hydrogens is 320 g/mol. The van der Waals surface area contributed by atoms with Crippen molar-refractivity contribution in [2.24, 2.45) is 13.0 Å². The Morgan fingerprint density at radius 2 is 2.00 bits per heavy atom. The van der Waals surface area contributed by atoms with Gasteiger partial charge in [-0.2, -0.15) is 5.26 Å². The first-order valence-electron chi connectivity index (χ1n) is 7.77. The summed E-state index contributed by atoms with van der Waals surface area (Å²) in [5, 5.41) is 12.7. The molecule has 1 aliphatic heterocycles. The second-order valence-corrected chi connectivity index (χ2v) is 6.17. The molecule has 1 aliphatic rings. The van der Waals surface area contributed by atoms with Gasteiger partial charge in [-0.15, -0.1) is 0 Å². The fraction of sp³-hybridized carbons (Fsp3) is 0.353. The standard InChI is InChI=1S/C17H18N6S/c1-4-16-20-7-11(8-21-16)14-5-12(13(6-18)17(24)22-14)15-9-19-10(2)23(15)3/h5,7-9,12-13H,4H2,1-3H3,(H,22,24). The fourth-order valence-corrected chi connectivity index (χ4v) is 3.07. The van der Waals surface area contributed by atoms with Crippen LogP contribution in [0.25, 0.3) is 5.70 Å². The minimum atomic E-state index is -0.422. The lowest BCUT2D eigenvalue weighted by Crippen LogP contribution is -2.35. The molecule has 2 atom stereocenters. The summed E-state index contributed by atoms with van der Waals surface area (Å²) in [6.07, 6.45) is 8.18. The molecule has 24 heavy (non-hydrogen) atoms. The molecular formula is C17H18N6S. The summed E-state index contributed by atoms with van der Waals surface area (Å²) >= 11 is 5.43. The highest BCUT2D eigenvalue weighted by atomic mass is 32.1. The van der Waals surface area contributed by atoms with E-state index in [0.717, 1.165) is 35.0 Å². The fourth-order valence-electron chi connectivity index (χ4n) is 2.76. The van der Waals surface area contributed by atoms with Crippen LogP contribution in [-0.2, 0) is 13.5 Å². The molecule has 0 saturated heterocycles. The van der Waals surface area contributed by atoms with Crippen LogP contribution in [0.2, 0.25) is 0 Å². The molecule has 0 spiro atoms. The van der Waals surface area contributed by atoms with Crippen molar-refractivity contribution in [2.75, 3.05) is 0 Å². The average molecular weight is 338 g/mol. The van der Waals surface area contributed by atoms with Crippen LogP contribution in [-0.4, -0.2) is 24.5 Å². The number of hydrogen-bond donors (Lipinski definition) is 1. The number of nitrogens with zero attached hydrogens (tertiary/aromatic N) is 5. The molecule has 1 N–H and O–H groups in total. The van der Waals surface area contributed by atoms with Crippen LogP contribution in [0.3, 0.4) is 0 Å². The number of allylic oxidation sites excluding steroid dienone is 1. The molecule has 6 nitrogen and oxygen atoms in total. The quantitative estimate of drug-likeness (QED) is 0.865. The first-order chi connectivity index (χ1) is 11.5. The molecule has 0 amide bonds. The normalized spacial score (nSPS) is 20.2. The Bertz CT molecular complexity index is 843. The van der Waals surface area contributed by atoms with E-state index in [9.17, 15) is 5.26 Å². The number of thiocarbonyl (C=S) groups is 1. The van der Waals surface area contributed by atoms with Crippen molar-refractivity contribution < 1.29 is 0 Å². The van der Waals surface area contributed by atoms with E-state index in [4.69, 9.17) is 12.2 Å². The highest BCUT2D eigenvalue weighted by Gasteiger charge is 2.32. The Morgan fingerprint density at radius 3 is 2.54 bits per heavy atom. The smallest absolute Gasteiger partial charge is 0.127 e. The second-order valence-electron chi connectivity index (χ2n) is 5.73. The summed E-state index contributed by atoms with van der Waals surface area (Å²) in [6, 6.07) is 2.31. The van der Waals surface area contributed by atoms with Crippen molar-refractivity contribution >= 4 is 22.9 Å². The van der Waals surface area contributed by atoms with Crippen LogP contribution in [0.5, 0.6) is 0 Å². The third kappa shape index (κ3) is 2.81. The molecule has 0 radical (unpaired) electrons. The Morgan fingerprint density at radius 1 is 1.29 bits per heavy atom. The number of nitriles is 1. The lowest BCUT2D eigenvalue weighted by Gasteiger charge is -2.28. The van der Waals surface area contributed by atoms with Crippen LogP contribution < -0.4 is 5.32 Å². The topological polar surface area (TPSA) is 79.4 Å². The Balaban J connectivity index is 2.05. The summed E-state index contributed by atoms with van der Waals surface area (Å²) < 4.78 is 1.99. The van der Waals surface area contributed by atoms with E-state index in [2.05, 4.69) is 26.3 Å². The van der Waals surface area contributed by atoms with E-state index in [0.29, 0.717) is 4.99 Å². The van der Waals surface area contributed by atoms with Gasteiger partial charge in [0, 0.05) is 54.9 Å². The first-order valence-corrected chi connectivity index (χ1v) is 8.17. The van der Waals surface area contributed by atoms with Crippen molar-refractivity contribution in [1.29, 1.82) is 5.26 Å². The number of nitrogens with one attached hydrogen (secondary N) is 1. The molecule has 7 heteroatoms. The molecule has 0 fully saturated rings. The van der Waals surface area contributed by atoms with Gasteiger partial charge < -0.3 is 9.88 Å². The summed E-state index contributed by atoms with van der Waals surface area (Å²) in [5.41, 5.74) is 2.65. The van der Waals surface area contributed by atoms with E-state index < -0.39 is 5.92 Å². The van der Waals surface area contributed by atoms with Crippen LogP contribution in [0.4, 0.5) is 0 Å². The highest BCUT2D eigenvalue weighted by molar-refractivity contribution is 7.80. The summed E-state index contributed by atoms with van der Waals surface area (Å²) in [4.78, 5) is 13.5. The van der Waals surface area contributed by atoms with Gasteiger partial charge in [-0.25, -0.2) is 15.0 Å².